The number of amides is 1. The molecule has 0 saturated carbocycles. The highest BCUT2D eigenvalue weighted by molar-refractivity contribution is 6.30. The molecule has 0 aliphatic heterocycles. The maximum absolute atomic E-state index is 12.1. The highest BCUT2D eigenvalue weighted by atomic mass is 35.5. The Morgan fingerprint density at radius 2 is 1.71 bits per heavy atom. The van der Waals surface area contributed by atoms with Crippen molar-refractivity contribution in [1.82, 2.24) is 0 Å². The Balaban J connectivity index is 2.27. The standard InChI is InChI=1S/C16H11ClN2O2/c17-12-6-8-13(9-7-12)19-16(21)14(10-18)15(20)11-4-2-1-3-5-11/h1-9,20H,(H,19,21)/b15-14-. The second-order valence-electron chi connectivity index (χ2n) is 4.16. The molecule has 2 N–H and O–H groups in total. The van der Waals surface area contributed by atoms with Gasteiger partial charge in [-0.1, -0.05) is 41.9 Å². The van der Waals surface area contributed by atoms with Gasteiger partial charge in [0, 0.05) is 16.3 Å². The minimum Gasteiger partial charge on any atom is -0.506 e. The number of benzene rings is 2. The Morgan fingerprint density at radius 3 is 2.29 bits per heavy atom. The minimum absolute atomic E-state index is 0.351. The average molecular weight is 299 g/mol. The zero-order chi connectivity index (χ0) is 15.2. The van der Waals surface area contributed by atoms with Gasteiger partial charge in [-0.25, -0.2) is 0 Å². The van der Waals surface area contributed by atoms with Gasteiger partial charge in [-0.05, 0) is 24.3 Å². The van der Waals surface area contributed by atoms with Gasteiger partial charge < -0.3 is 10.4 Å². The van der Waals surface area contributed by atoms with Crippen LogP contribution in [0.4, 0.5) is 5.69 Å². The van der Waals surface area contributed by atoms with Gasteiger partial charge in [0.15, 0.2) is 5.57 Å². The van der Waals surface area contributed by atoms with Gasteiger partial charge in [-0.3, -0.25) is 4.79 Å². The summed E-state index contributed by atoms with van der Waals surface area (Å²) in [7, 11) is 0. The second-order valence-corrected chi connectivity index (χ2v) is 4.60. The maximum Gasteiger partial charge on any atom is 0.270 e. The van der Waals surface area contributed by atoms with Crippen LogP contribution in [0.25, 0.3) is 5.76 Å². The van der Waals surface area contributed by atoms with Crippen molar-refractivity contribution >= 4 is 29.0 Å². The third-order valence-electron chi connectivity index (χ3n) is 2.72. The van der Waals surface area contributed by atoms with E-state index in [2.05, 4.69) is 5.32 Å². The van der Waals surface area contributed by atoms with E-state index in [9.17, 15) is 9.90 Å². The van der Waals surface area contributed by atoms with Crippen LogP contribution in [0.5, 0.6) is 0 Å². The van der Waals surface area contributed by atoms with E-state index in [0.29, 0.717) is 16.3 Å². The monoisotopic (exact) mass is 298 g/mol. The number of hydrogen-bond donors (Lipinski definition) is 2. The third-order valence-corrected chi connectivity index (χ3v) is 2.98. The van der Waals surface area contributed by atoms with E-state index in [-0.39, 0.29) is 11.3 Å². The summed E-state index contributed by atoms with van der Waals surface area (Å²) in [6, 6.07) is 16.6. The molecule has 0 spiro atoms. The van der Waals surface area contributed by atoms with Crippen LogP contribution in [-0.2, 0) is 4.79 Å². The van der Waals surface area contributed by atoms with Gasteiger partial charge >= 0.3 is 0 Å². The third kappa shape index (κ3) is 3.62. The minimum atomic E-state index is -0.679. The first-order valence-corrected chi connectivity index (χ1v) is 6.45. The molecule has 2 aromatic rings. The van der Waals surface area contributed by atoms with Crippen molar-refractivity contribution in [2.24, 2.45) is 0 Å². The number of nitriles is 1. The molecular formula is C16H11ClN2O2. The molecule has 0 radical (unpaired) electrons. The lowest BCUT2D eigenvalue weighted by molar-refractivity contribution is -0.112. The van der Waals surface area contributed by atoms with Crippen molar-refractivity contribution in [3.05, 3.63) is 70.8 Å². The normalized spacial score (nSPS) is 11.2. The van der Waals surface area contributed by atoms with Crippen LogP contribution in [0.15, 0.2) is 60.2 Å². The number of hydrogen-bond acceptors (Lipinski definition) is 3. The molecule has 0 bridgehead atoms. The fourth-order valence-corrected chi connectivity index (χ4v) is 1.80. The van der Waals surface area contributed by atoms with Gasteiger partial charge in [0.05, 0.1) is 0 Å². The van der Waals surface area contributed by atoms with Crippen LogP contribution in [0.1, 0.15) is 5.56 Å². The summed E-state index contributed by atoms with van der Waals surface area (Å²) < 4.78 is 0. The number of nitrogens with one attached hydrogen (secondary N) is 1. The Hall–Kier alpha value is -2.77. The van der Waals surface area contributed by atoms with Crippen LogP contribution in [0, 0.1) is 11.3 Å². The summed E-state index contributed by atoms with van der Waals surface area (Å²) in [6.07, 6.45) is 0. The number of nitrogens with zero attached hydrogens (tertiary/aromatic N) is 1. The van der Waals surface area contributed by atoms with Crippen LogP contribution in [0.3, 0.4) is 0 Å². The number of aliphatic hydroxyl groups is 1. The molecule has 0 saturated heterocycles. The SMILES string of the molecule is N#C/C(C(=O)Nc1ccc(Cl)cc1)=C(/O)c1ccccc1. The Bertz CT molecular complexity index is 716. The molecule has 0 aliphatic rings. The molecule has 2 aromatic carbocycles. The summed E-state index contributed by atoms with van der Waals surface area (Å²) in [5.74, 6) is -1.04. The lowest BCUT2D eigenvalue weighted by Gasteiger charge is -2.06. The first kappa shape index (κ1) is 14.6. The molecule has 1 amide bonds. The number of halogens is 1. The highest BCUT2D eigenvalue weighted by Crippen LogP contribution is 2.18. The molecule has 21 heavy (non-hydrogen) atoms. The van der Waals surface area contributed by atoms with Crippen LogP contribution in [-0.4, -0.2) is 11.0 Å². The zero-order valence-corrected chi connectivity index (χ0v) is 11.6. The van der Waals surface area contributed by atoms with E-state index in [1.165, 1.54) is 0 Å². The van der Waals surface area contributed by atoms with E-state index >= 15 is 0 Å². The average Bonchev–Trinajstić information content (AvgIpc) is 2.51. The summed E-state index contributed by atoms with van der Waals surface area (Å²) in [6.45, 7) is 0. The largest absolute Gasteiger partial charge is 0.506 e. The zero-order valence-electron chi connectivity index (χ0n) is 10.9. The molecule has 0 heterocycles. The van der Waals surface area contributed by atoms with Gasteiger partial charge in [-0.15, -0.1) is 0 Å². The predicted octanol–water partition coefficient (Wildman–Crippen LogP) is 3.77. The molecular weight excluding hydrogens is 288 g/mol. The lowest BCUT2D eigenvalue weighted by atomic mass is 10.1. The number of anilines is 1. The van der Waals surface area contributed by atoms with Gasteiger partial charge in [0.2, 0.25) is 0 Å². The van der Waals surface area contributed by atoms with E-state index < -0.39 is 5.91 Å². The number of carbonyl (C=O) groups excluding carboxylic acids is 1. The predicted molar refractivity (Wildman–Crippen MR) is 81.7 cm³/mol. The van der Waals surface area contributed by atoms with Gasteiger partial charge in [0.1, 0.15) is 11.8 Å². The Kier molecular flexibility index (Phi) is 4.60. The van der Waals surface area contributed by atoms with E-state index in [1.807, 2.05) is 0 Å². The molecule has 2 rings (SSSR count). The van der Waals surface area contributed by atoms with Crippen LogP contribution < -0.4 is 5.32 Å². The van der Waals surface area contributed by atoms with Gasteiger partial charge in [-0.2, -0.15) is 5.26 Å². The molecule has 5 heteroatoms. The molecule has 4 nitrogen and oxygen atoms in total. The molecule has 0 unspecified atom stereocenters. The molecule has 104 valence electrons. The van der Waals surface area contributed by atoms with E-state index in [0.717, 1.165) is 0 Å². The smallest absolute Gasteiger partial charge is 0.270 e. The highest BCUT2D eigenvalue weighted by Gasteiger charge is 2.16. The first-order chi connectivity index (χ1) is 10.1. The topological polar surface area (TPSA) is 73.1 Å². The van der Waals surface area contributed by atoms with E-state index in [4.69, 9.17) is 16.9 Å². The summed E-state index contributed by atoms with van der Waals surface area (Å²) in [5.41, 5.74) is 0.537. The Morgan fingerprint density at radius 1 is 1.10 bits per heavy atom. The quantitative estimate of drug-likeness (QED) is 0.514. The van der Waals surface area contributed by atoms with Crippen molar-refractivity contribution in [1.29, 1.82) is 5.26 Å². The van der Waals surface area contributed by atoms with Crippen molar-refractivity contribution in [3.8, 4) is 6.07 Å². The molecule has 0 fully saturated rings. The van der Waals surface area contributed by atoms with Crippen LogP contribution in [0.2, 0.25) is 5.02 Å². The number of carbonyl (C=O) groups is 1. The van der Waals surface area contributed by atoms with Crippen LogP contribution >= 0.6 is 11.6 Å². The Labute approximate surface area is 126 Å². The number of aliphatic hydroxyl groups excluding tert-OH is 1. The molecule has 0 aliphatic carbocycles. The summed E-state index contributed by atoms with van der Waals surface area (Å²) in [5, 5.41) is 22.2. The summed E-state index contributed by atoms with van der Waals surface area (Å²) in [4.78, 5) is 12.1. The maximum atomic E-state index is 12.1. The molecule has 0 atom stereocenters. The van der Waals surface area contributed by atoms with Crippen molar-refractivity contribution in [2.75, 3.05) is 5.32 Å². The summed E-state index contributed by atoms with van der Waals surface area (Å²) >= 11 is 5.75. The fourth-order valence-electron chi connectivity index (χ4n) is 1.68. The number of rotatable bonds is 3. The van der Waals surface area contributed by atoms with Crippen molar-refractivity contribution in [3.63, 3.8) is 0 Å². The first-order valence-electron chi connectivity index (χ1n) is 6.07. The second kappa shape index (κ2) is 6.60. The van der Waals surface area contributed by atoms with E-state index in [1.54, 1.807) is 60.7 Å². The molecule has 0 aromatic heterocycles. The lowest BCUT2D eigenvalue weighted by Crippen LogP contribution is -2.15. The van der Waals surface area contributed by atoms with Gasteiger partial charge in [0.25, 0.3) is 5.91 Å². The van der Waals surface area contributed by atoms with Crippen molar-refractivity contribution < 1.29 is 9.90 Å². The van der Waals surface area contributed by atoms with Crippen molar-refractivity contribution in [2.45, 2.75) is 0 Å². The fraction of sp³-hybridized carbons (Fsp3) is 0.